The lowest BCUT2D eigenvalue weighted by Crippen LogP contribution is -2.30. The molecule has 0 aliphatic carbocycles. The van der Waals surface area contributed by atoms with Crippen LogP contribution in [0.15, 0.2) is 72.9 Å². The third-order valence-corrected chi connectivity index (χ3v) is 8.73. The highest BCUT2D eigenvalue weighted by molar-refractivity contribution is 5.71. The fraction of sp³-hybridized carbons (Fsp3) is 0.681. The Morgan fingerprint density at radius 3 is 1.15 bits per heavy atom. The van der Waals surface area contributed by atoms with Crippen molar-refractivity contribution >= 4 is 17.9 Å². The van der Waals surface area contributed by atoms with Crippen LogP contribution in [0.1, 0.15) is 188 Å². The van der Waals surface area contributed by atoms with Crippen LogP contribution in [0.5, 0.6) is 0 Å². The van der Waals surface area contributed by atoms with Crippen molar-refractivity contribution in [3.05, 3.63) is 72.9 Å². The minimum atomic E-state index is -0.784. The van der Waals surface area contributed by atoms with Crippen LogP contribution < -0.4 is 0 Å². The molecule has 0 aliphatic rings. The van der Waals surface area contributed by atoms with E-state index in [-0.39, 0.29) is 31.1 Å². The molecule has 0 bridgehead atoms. The number of hydrogen-bond donors (Lipinski definition) is 0. The Kier molecular flexibility index (Phi) is 39.1. The van der Waals surface area contributed by atoms with Gasteiger partial charge in [0, 0.05) is 19.3 Å². The fourth-order valence-corrected chi connectivity index (χ4v) is 5.50. The minimum Gasteiger partial charge on any atom is -0.462 e. The van der Waals surface area contributed by atoms with Crippen molar-refractivity contribution < 1.29 is 28.6 Å². The second-order valence-electron chi connectivity index (χ2n) is 13.9. The Bertz CT molecular complexity index is 1030. The van der Waals surface area contributed by atoms with Crippen LogP contribution >= 0.6 is 0 Å². The van der Waals surface area contributed by atoms with Crippen LogP contribution in [0.2, 0.25) is 0 Å². The van der Waals surface area contributed by atoms with Crippen LogP contribution in [0.25, 0.3) is 0 Å². The van der Waals surface area contributed by atoms with Gasteiger partial charge in [0.15, 0.2) is 6.10 Å². The molecule has 0 saturated heterocycles. The summed E-state index contributed by atoms with van der Waals surface area (Å²) in [6.45, 7) is 6.37. The fourth-order valence-electron chi connectivity index (χ4n) is 5.50. The van der Waals surface area contributed by atoms with E-state index in [0.29, 0.717) is 19.3 Å². The van der Waals surface area contributed by atoms with E-state index < -0.39 is 6.10 Å². The molecule has 302 valence electrons. The summed E-state index contributed by atoms with van der Waals surface area (Å²) in [4.78, 5) is 37.3. The molecule has 0 N–H and O–H groups in total. The number of allylic oxidation sites excluding steroid dienone is 12. The van der Waals surface area contributed by atoms with Crippen LogP contribution in [-0.4, -0.2) is 37.2 Å². The number of carbonyl (C=O) groups excluding carboxylic acids is 3. The number of rotatable bonds is 37. The molecule has 0 saturated carbocycles. The van der Waals surface area contributed by atoms with Crippen molar-refractivity contribution in [3.8, 4) is 0 Å². The predicted octanol–water partition coefficient (Wildman–Crippen LogP) is 13.5. The molecule has 6 heteroatoms. The summed E-state index contributed by atoms with van der Waals surface area (Å²) >= 11 is 0. The van der Waals surface area contributed by atoms with Gasteiger partial charge in [-0.15, -0.1) is 0 Å². The SMILES string of the molecule is CC/C=C\C/C=C\C/C=C\C/C=C\C/C=C\C/C=C\CCCCC(=O)OCC(COC(=O)CCCCCCCCC)OC(=O)CCCCCCCCC. The van der Waals surface area contributed by atoms with Gasteiger partial charge in [0.25, 0.3) is 0 Å². The van der Waals surface area contributed by atoms with E-state index in [4.69, 9.17) is 14.2 Å². The Hall–Kier alpha value is -3.15. The van der Waals surface area contributed by atoms with E-state index >= 15 is 0 Å². The van der Waals surface area contributed by atoms with Gasteiger partial charge in [-0.05, 0) is 70.6 Å². The summed E-state index contributed by atoms with van der Waals surface area (Å²) < 4.78 is 16.5. The van der Waals surface area contributed by atoms with Gasteiger partial charge in [-0.3, -0.25) is 14.4 Å². The maximum atomic E-state index is 12.5. The molecule has 0 aromatic heterocycles. The zero-order valence-electron chi connectivity index (χ0n) is 34.3. The zero-order chi connectivity index (χ0) is 38.7. The standard InChI is InChI=1S/C47H78O6/c1-4-7-10-13-16-17-18-19-20-21-22-23-24-25-26-27-28-29-32-34-37-40-46(49)52-43-44(53-47(50)41-38-35-31-15-12-9-6-3)42-51-45(48)39-36-33-30-14-11-8-5-2/h7,10,16-17,19-20,22-23,25-26,28-29,44H,4-6,8-9,11-15,18,21,24,27,30-43H2,1-3H3/b10-7-,17-16-,20-19-,23-22-,26-25-,29-28-. The maximum absolute atomic E-state index is 12.5. The van der Waals surface area contributed by atoms with E-state index in [2.05, 4.69) is 93.7 Å². The molecule has 1 atom stereocenters. The molecule has 6 nitrogen and oxygen atoms in total. The van der Waals surface area contributed by atoms with E-state index in [1.54, 1.807) is 0 Å². The highest BCUT2D eigenvalue weighted by Crippen LogP contribution is 2.12. The normalized spacial score (nSPS) is 12.7. The molecule has 0 aliphatic heterocycles. The first kappa shape index (κ1) is 49.9. The third-order valence-electron chi connectivity index (χ3n) is 8.73. The Labute approximate surface area is 325 Å². The third kappa shape index (κ3) is 39.9. The molecule has 0 aromatic rings. The molecule has 0 radical (unpaired) electrons. The number of ether oxygens (including phenoxy) is 3. The maximum Gasteiger partial charge on any atom is 0.306 e. The lowest BCUT2D eigenvalue weighted by molar-refractivity contribution is -0.167. The molecule has 0 fully saturated rings. The number of hydrogen-bond acceptors (Lipinski definition) is 6. The lowest BCUT2D eigenvalue weighted by atomic mass is 10.1. The summed E-state index contributed by atoms with van der Waals surface area (Å²) in [5.41, 5.74) is 0. The number of esters is 3. The molecule has 0 amide bonds. The van der Waals surface area contributed by atoms with Crippen molar-refractivity contribution in [2.24, 2.45) is 0 Å². The molecule has 0 spiro atoms. The Morgan fingerprint density at radius 1 is 0.396 bits per heavy atom. The van der Waals surface area contributed by atoms with Crippen LogP contribution in [-0.2, 0) is 28.6 Å². The zero-order valence-corrected chi connectivity index (χ0v) is 34.3. The van der Waals surface area contributed by atoms with Crippen LogP contribution in [0.3, 0.4) is 0 Å². The van der Waals surface area contributed by atoms with Crippen molar-refractivity contribution in [1.29, 1.82) is 0 Å². The van der Waals surface area contributed by atoms with E-state index in [1.807, 2.05) is 0 Å². The van der Waals surface area contributed by atoms with Gasteiger partial charge >= 0.3 is 17.9 Å². The lowest BCUT2D eigenvalue weighted by Gasteiger charge is -2.18. The predicted molar refractivity (Wildman–Crippen MR) is 224 cm³/mol. The Balaban J connectivity index is 4.29. The summed E-state index contributed by atoms with van der Waals surface area (Å²) in [6.07, 6.45) is 50.6. The van der Waals surface area contributed by atoms with Gasteiger partial charge in [0.1, 0.15) is 13.2 Å². The van der Waals surface area contributed by atoms with Gasteiger partial charge in [0.2, 0.25) is 0 Å². The molecular weight excluding hydrogens is 661 g/mol. The highest BCUT2D eigenvalue weighted by atomic mass is 16.6. The molecular formula is C47H78O6. The van der Waals surface area contributed by atoms with Gasteiger partial charge in [-0.25, -0.2) is 0 Å². The van der Waals surface area contributed by atoms with Crippen LogP contribution in [0.4, 0.5) is 0 Å². The van der Waals surface area contributed by atoms with Crippen molar-refractivity contribution in [2.45, 2.75) is 194 Å². The highest BCUT2D eigenvalue weighted by Gasteiger charge is 2.19. The summed E-state index contributed by atoms with van der Waals surface area (Å²) in [6, 6.07) is 0. The Morgan fingerprint density at radius 2 is 0.736 bits per heavy atom. The second-order valence-corrected chi connectivity index (χ2v) is 13.9. The van der Waals surface area contributed by atoms with Crippen molar-refractivity contribution in [2.75, 3.05) is 13.2 Å². The minimum absolute atomic E-state index is 0.0892. The molecule has 53 heavy (non-hydrogen) atoms. The van der Waals surface area contributed by atoms with E-state index in [0.717, 1.165) is 96.3 Å². The van der Waals surface area contributed by atoms with Gasteiger partial charge in [-0.1, -0.05) is 171 Å². The first-order valence-corrected chi connectivity index (χ1v) is 21.4. The topological polar surface area (TPSA) is 78.9 Å². The molecule has 0 rings (SSSR count). The number of carbonyl (C=O) groups is 3. The summed E-state index contributed by atoms with van der Waals surface area (Å²) in [7, 11) is 0. The van der Waals surface area contributed by atoms with Crippen molar-refractivity contribution in [1.82, 2.24) is 0 Å². The van der Waals surface area contributed by atoms with Crippen LogP contribution in [0, 0.1) is 0 Å². The monoisotopic (exact) mass is 739 g/mol. The van der Waals surface area contributed by atoms with Gasteiger partial charge in [0.05, 0.1) is 0 Å². The first-order chi connectivity index (χ1) is 26.0. The quantitative estimate of drug-likeness (QED) is 0.0273. The average Bonchev–Trinajstić information content (AvgIpc) is 3.15. The molecule has 0 heterocycles. The smallest absolute Gasteiger partial charge is 0.306 e. The largest absolute Gasteiger partial charge is 0.462 e. The van der Waals surface area contributed by atoms with Crippen molar-refractivity contribution in [3.63, 3.8) is 0 Å². The van der Waals surface area contributed by atoms with E-state index in [1.165, 1.54) is 51.4 Å². The summed E-state index contributed by atoms with van der Waals surface area (Å²) in [5.74, 6) is -0.957. The van der Waals surface area contributed by atoms with Gasteiger partial charge in [-0.2, -0.15) is 0 Å². The molecule has 0 aromatic carbocycles. The second kappa shape index (κ2) is 41.6. The number of unbranched alkanes of at least 4 members (excludes halogenated alkanes) is 14. The molecule has 1 unspecified atom stereocenters. The van der Waals surface area contributed by atoms with E-state index in [9.17, 15) is 14.4 Å². The average molecular weight is 739 g/mol. The van der Waals surface area contributed by atoms with Gasteiger partial charge < -0.3 is 14.2 Å². The summed E-state index contributed by atoms with van der Waals surface area (Å²) in [5, 5.41) is 0. The first-order valence-electron chi connectivity index (χ1n) is 21.4.